The molecular formula is C20H17N3. The number of nitrogens with zero attached hydrogens (tertiary/aromatic N) is 2. The maximum absolute atomic E-state index is 4.53. The minimum absolute atomic E-state index is 1.07. The Morgan fingerprint density at radius 1 is 0.826 bits per heavy atom. The number of aromatic amines is 1. The number of hydrogen-bond acceptors (Lipinski definition) is 2. The van der Waals surface area contributed by atoms with Crippen LogP contribution in [0.15, 0.2) is 77.9 Å². The smallest absolute Gasteiger partial charge is 0.0590 e. The van der Waals surface area contributed by atoms with Crippen LogP contribution in [0.1, 0.15) is 5.56 Å². The van der Waals surface area contributed by atoms with Gasteiger partial charge < -0.3 is 4.98 Å². The Bertz CT molecular complexity index is 984. The maximum Gasteiger partial charge on any atom is 0.0590 e. The van der Waals surface area contributed by atoms with Gasteiger partial charge in [-0.15, -0.1) is 0 Å². The summed E-state index contributed by atoms with van der Waals surface area (Å²) in [5.74, 6) is 0. The summed E-state index contributed by atoms with van der Waals surface area (Å²) < 4.78 is 0. The first-order chi connectivity index (χ1) is 11.3. The second-order valence-electron chi connectivity index (χ2n) is 5.58. The molecule has 0 aliphatic carbocycles. The van der Waals surface area contributed by atoms with Crippen molar-refractivity contribution in [3.63, 3.8) is 0 Å². The minimum Gasteiger partial charge on any atom is -0.355 e. The van der Waals surface area contributed by atoms with Crippen molar-refractivity contribution in [1.82, 2.24) is 4.98 Å². The highest BCUT2D eigenvalue weighted by Gasteiger charge is 2.03. The van der Waals surface area contributed by atoms with Crippen molar-refractivity contribution in [3.8, 4) is 0 Å². The molecule has 3 aromatic carbocycles. The number of para-hydroxylation sites is 2. The summed E-state index contributed by atoms with van der Waals surface area (Å²) in [6, 6.07) is 24.9. The highest BCUT2D eigenvalue weighted by molar-refractivity contribution is 6.08. The molecule has 1 heterocycles. The molecule has 4 aromatic rings. The number of nitrogens with one attached hydrogen (secondary N) is 1. The van der Waals surface area contributed by atoms with Crippen molar-refractivity contribution in [3.05, 3.63) is 78.4 Å². The summed E-state index contributed by atoms with van der Waals surface area (Å²) in [6.45, 7) is 0. The van der Waals surface area contributed by atoms with Gasteiger partial charge in [-0.25, -0.2) is 0 Å². The van der Waals surface area contributed by atoms with Gasteiger partial charge in [-0.05, 0) is 35.9 Å². The Balaban J connectivity index is 1.69. The van der Waals surface area contributed by atoms with Gasteiger partial charge in [-0.1, -0.05) is 42.5 Å². The van der Waals surface area contributed by atoms with Crippen LogP contribution in [0.25, 0.3) is 21.8 Å². The van der Waals surface area contributed by atoms with Crippen molar-refractivity contribution in [2.45, 2.75) is 0 Å². The lowest BCUT2D eigenvalue weighted by Crippen LogP contribution is -2.08. The summed E-state index contributed by atoms with van der Waals surface area (Å²) >= 11 is 0. The van der Waals surface area contributed by atoms with E-state index in [2.05, 4.69) is 52.5 Å². The molecule has 23 heavy (non-hydrogen) atoms. The average Bonchev–Trinajstić information content (AvgIpc) is 2.98. The van der Waals surface area contributed by atoms with Crippen LogP contribution in [0, 0.1) is 0 Å². The zero-order chi connectivity index (χ0) is 15.6. The molecule has 1 aromatic heterocycles. The molecule has 0 radical (unpaired) electrons. The number of rotatable bonds is 3. The lowest BCUT2D eigenvalue weighted by molar-refractivity contribution is 1.02. The first kappa shape index (κ1) is 13.6. The zero-order valence-electron chi connectivity index (χ0n) is 12.9. The van der Waals surface area contributed by atoms with Crippen LogP contribution in [0.2, 0.25) is 0 Å². The molecule has 0 saturated carbocycles. The predicted molar refractivity (Wildman–Crippen MR) is 98.2 cm³/mol. The van der Waals surface area contributed by atoms with E-state index in [9.17, 15) is 0 Å². The second-order valence-corrected chi connectivity index (χ2v) is 5.58. The predicted octanol–water partition coefficient (Wildman–Crippen LogP) is 4.79. The molecule has 3 nitrogen and oxygen atoms in total. The van der Waals surface area contributed by atoms with Gasteiger partial charge in [0, 0.05) is 28.9 Å². The molecule has 0 unspecified atom stereocenters. The third kappa shape index (κ3) is 2.57. The van der Waals surface area contributed by atoms with Crippen molar-refractivity contribution in [1.29, 1.82) is 0 Å². The van der Waals surface area contributed by atoms with E-state index < -0.39 is 0 Å². The van der Waals surface area contributed by atoms with Crippen LogP contribution in [-0.4, -0.2) is 18.2 Å². The fourth-order valence-corrected chi connectivity index (χ4v) is 2.81. The molecule has 112 valence electrons. The lowest BCUT2D eigenvalue weighted by Gasteiger charge is -2.12. The SMILES string of the molecule is CN(N=Cc1ccc2[nH]c3ccccc3c2c1)c1ccccc1. The van der Waals surface area contributed by atoms with E-state index in [1.807, 2.05) is 48.6 Å². The van der Waals surface area contributed by atoms with E-state index >= 15 is 0 Å². The fourth-order valence-electron chi connectivity index (χ4n) is 2.81. The number of aromatic nitrogens is 1. The van der Waals surface area contributed by atoms with Gasteiger partial charge in [-0.2, -0.15) is 5.10 Å². The first-order valence-electron chi connectivity index (χ1n) is 7.64. The van der Waals surface area contributed by atoms with Gasteiger partial charge in [0.2, 0.25) is 0 Å². The van der Waals surface area contributed by atoms with Crippen LogP contribution in [0.3, 0.4) is 0 Å². The Kier molecular flexibility index (Phi) is 3.31. The molecule has 0 amide bonds. The highest BCUT2D eigenvalue weighted by atomic mass is 15.4. The standard InChI is InChI=1S/C20H17N3/c1-23(16-7-3-2-4-8-16)21-14-15-11-12-20-18(13-15)17-9-5-6-10-19(17)22-20/h2-14,22H,1H3. The summed E-state index contributed by atoms with van der Waals surface area (Å²) in [5.41, 5.74) is 4.47. The number of fused-ring (bicyclic) bond motifs is 3. The molecule has 0 spiro atoms. The number of benzene rings is 3. The summed E-state index contributed by atoms with van der Waals surface area (Å²) in [5, 5.41) is 8.88. The molecule has 0 saturated heterocycles. The first-order valence-corrected chi connectivity index (χ1v) is 7.64. The van der Waals surface area contributed by atoms with E-state index in [-0.39, 0.29) is 0 Å². The Labute approximate surface area is 134 Å². The monoisotopic (exact) mass is 299 g/mol. The van der Waals surface area contributed by atoms with Crippen molar-refractivity contribution < 1.29 is 0 Å². The van der Waals surface area contributed by atoms with E-state index in [1.54, 1.807) is 0 Å². The topological polar surface area (TPSA) is 31.4 Å². The molecule has 0 atom stereocenters. The Morgan fingerprint density at radius 3 is 2.43 bits per heavy atom. The van der Waals surface area contributed by atoms with Gasteiger partial charge in [0.05, 0.1) is 11.9 Å². The largest absolute Gasteiger partial charge is 0.355 e. The zero-order valence-corrected chi connectivity index (χ0v) is 12.9. The Hall–Kier alpha value is -3.07. The Morgan fingerprint density at radius 2 is 1.57 bits per heavy atom. The van der Waals surface area contributed by atoms with E-state index in [0.717, 1.165) is 22.3 Å². The van der Waals surface area contributed by atoms with Crippen molar-refractivity contribution in [2.75, 3.05) is 12.1 Å². The molecule has 0 aliphatic heterocycles. The molecule has 4 rings (SSSR count). The van der Waals surface area contributed by atoms with E-state index in [0.29, 0.717) is 0 Å². The molecule has 1 N–H and O–H groups in total. The molecule has 0 fully saturated rings. The van der Waals surface area contributed by atoms with Crippen LogP contribution in [0.4, 0.5) is 5.69 Å². The number of anilines is 1. The average molecular weight is 299 g/mol. The molecule has 0 bridgehead atoms. The van der Waals surface area contributed by atoms with Gasteiger partial charge in [-0.3, -0.25) is 5.01 Å². The number of H-pyrrole nitrogens is 1. The molecule has 0 aliphatic rings. The highest BCUT2D eigenvalue weighted by Crippen LogP contribution is 2.25. The van der Waals surface area contributed by atoms with Crippen molar-refractivity contribution >= 4 is 33.7 Å². The van der Waals surface area contributed by atoms with Crippen LogP contribution in [0.5, 0.6) is 0 Å². The van der Waals surface area contributed by atoms with Gasteiger partial charge in [0.15, 0.2) is 0 Å². The van der Waals surface area contributed by atoms with Crippen LogP contribution < -0.4 is 5.01 Å². The maximum atomic E-state index is 4.53. The number of hydrogen-bond donors (Lipinski definition) is 1. The minimum atomic E-state index is 1.07. The van der Waals surface area contributed by atoms with Crippen molar-refractivity contribution in [2.24, 2.45) is 5.10 Å². The van der Waals surface area contributed by atoms with Gasteiger partial charge >= 0.3 is 0 Å². The second kappa shape index (κ2) is 5.61. The van der Waals surface area contributed by atoms with E-state index in [1.165, 1.54) is 10.8 Å². The van der Waals surface area contributed by atoms with Crippen LogP contribution in [-0.2, 0) is 0 Å². The van der Waals surface area contributed by atoms with E-state index in [4.69, 9.17) is 0 Å². The normalized spacial score (nSPS) is 11.5. The van der Waals surface area contributed by atoms with Gasteiger partial charge in [0.25, 0.3) is 0 Å². The third-order valence-corrected chi connectivity index (χ3v) is 4.04. The summed E-state index contributed by atoms with van der Waals surface area (Å²) in [4.78, 5) is 3.44. The van der Waals surface area contributed by atoms with Gasteiger partial charge in [0.1, 0.15) is 0 Å². The summed E-state index contributed by atoms with van der Waals surface area (Å²) in [6.07, 6.45) is 1.90. The lowest BCUT2D eigenvalue weighted by atomic mass is 10.1. The molecule has 3 heteroatoms. The van der Waals surface area contributed by atoms with Crippen LogP contribution >= 0.6 is 0 Å². The fraction of sp³-hybridized carbons (Fsp3) is 0.0500. The quantitative estimate of drug-likeness (QED) is 0.428. The third-order valence-electron chi connectivity index (χ3n) is 4.04. The number of hydrazone groups is 1. The molecular weight excluding hydrogens is 282 g/mol. The summed E-state index contributed by atoms with van der Waals surface area (Å²) in [7, 11) is 1.95.